The van der Waals surface area contributed by atoms with Gasteiger partial charge in [-0.25, -0.2) is 0 Å². The van der Waals surface area contributed by atoms with Crippen LogP contribution in [0, 0.1) is 0 Å². The Morgan fingerprint density at radius 3 is 2.57 bits per heavy atom. The predicted octanol–water partition coefficient (Wildman–Crippen LogP) is 2.89. The fourth-order valence-corrected chi connectivity index (χ4v) is 2.73. The zero-order chi connectivity index (χ0) is 20.0. The molecule has 0 aliphatic carbocycles. The molecule has 0 heterocycles. The molecule has 2 rings (SSSR count). The van der Waals surface area contributed by atoms with Gasteiger partial charge in [0.25, 0.3) is 0 Å². The zero-order valence-electron chi connectivity index (χ0n) is 16.7. The van der Waals surface area contributed by atoms with Gasteiger partial charge in [-0.05, 0) is 25.0 Å². The second-order valence-electron chi connectivity index (χ2n) is 6.27. The van der Waals surface area contributed by atoms with E-state index in [0.29, 0.717) is 32.7 Å². The second-order valence-corrected chi connectivity index (χ2v) is 6.27. The summed E-state index contributed by atoms with van der Waals surface area (Å²) in [4.78, 5) is 4.52. The lowest BCUT2D eigenvalue weighted by Gasteiger charge is -2.13. The molecule has 0 amide bonds. The van der Waals surface area contributed by atoms with Crippen molar-refractivity contribution in [3.8, 4) is 5.75 Å². The van der Waals surface area contributed by atoms with E-state index in [-0.39, 0.29) is 0 Å². The maximum atomic E-state index is 10.2. The number of nitrogens with one attached hydrogen (secondary N) is 2. The Morgan fingerprint density at radius 1 is 1.07 bits per heavy atom. The van der Waals surface area contributed by atoms with Gasteiger partial charge in [0, 0.05) is 25.2 Å². The average Bonchev–Trinajstić information content (AvgIpc) is 2.74. The van der Waals surface area contributed by atoms with Gasteiger partial charge in [-0.15, -0.1) is 0 Å². The van der Waals surface area contributed by atoms with E-state index in [0.717, 1.165) is 29.4 Å². The Morgan fingerprint density at radius 2 is 1.82 bits per heavy atom. The Labute approximate surface area is 167 Å². The van der Waals surface area contributed by atoms with Crippen LogP contribution in [0.2, 0.25) is 0 Å². The number of guanidine groups is 1. The highest BCUT2D eigenvalue weighted by molar-refractivity contribution is 5.79. The van der Waals surface area contributed by atoms with Crippen LogP contribution >= 0.6 is 0 Å². The molecule has 3 N–H and O–H groups in total. The molecule has 152 valence electrons. The molecule has 0 saturated heterocycles. The van der Waals surface area contributed by atoms with Gasteiger partial charge < -0.3 is 25.2 Å². The fraction of sp³-hybridized carbons (Fsp3) is 0.409. The first-order chi connectivity index (χ1) is 13.7. The van der Waals surface area contributed by atoms with E-state index in [1.807, 2.05) is 61.5 Å². The summed E-state index contributed by atoms with van der Waals surface area (Å²) < 4.78 is 11.0. The van der Waals surface area contributed by atoms with Crippen molar-refractivity contribution in [1.82, 2.24) is 10.6 Å². The molecule has 0 spiro atoms. The third-order valence-corrected chi connectivity index (χ3v) is 4.19. The maximum absolute atomic E-state index is 10.2. The molecular formula is C22H31N3O3. The highest BCUT2D eigenvalue weighted by atomic mass is 16.5. The first-order valence-electron chi connectivity index (χ1n) is 9.69. The molecule has 0 aliphatic heterocycles. The number of aliphatic imine (C=N–C) groups is 1. The molecule has 0 saturated carbocycles. The van der Waals surface area contributed by atoms with Gasteiger partial charge in [-0.3, -0.25) is 4.99 Å². The van der Waals surface area contributed by atoms with Crippen molar-refractivity contribution in [1.29, 1.82) is 0 Å². The van der Waals surface area contributed by atoms with Gasteiger partial charge in [-0.1, -0.05) is 48.5 Å². The van der Waals surface area contributed by atoms with E-state index in [4.69, 9.17) is 9.47 Å². The van der Waals surface area contributed by atoms with Gasteiger partial charge in [0.05, 0.1) is 26.4 Å². The number of nitrogens with zero attached hydrogens (tertiary/aromatic N) is 1. The fourth-order valence-electron chi connectivity index (χ4n) is 2.73. The first-order valence-corrected chi connectivity index (χ1v) is 9.69. The second kappa shape index (κ2) is 12.8. The van der Waals surface area contributed by atoms with Crippen molar-refractivity contribution < 1.29 is 14.6 Å². The maximum Gasteiger partial charge on any atom is 0.191 e. The molecule has 6 nitrogen and oxygen atoms in total. The molecule has 0 bridgehead atoms. The van der Waals surface area contributed by atoms with Crippen molar-refractivity contribution in [2.45, 2.75) is 26.1 Å². The third kappa shape index (κ3) is 7.58. The lowest BCUT2D eigenvalue weighted by molar-refractivity contribution is 0.123. The monoisotopic (exact) mass is 385 g/mol. The lowest BCUT2D eigenvalue weighted by Crippen LogP contribution is -2.39. The molecule has 0 aliphatic rings. The van der Waals surface area contributed by atoms with E-state index in [9.17, 15) is 5.11 Å². The number of ether oxygens (including phenoxy) is 2. The minimum Gasteiger partial charge on any atom is -0.496 e. The zero-order valence-corrected chi connectivity index (χ0v) is 16.7. The lowest BCUT2D eigenvalue weighted by atomic mass is 10.1. The summed E-state index contributed by atoms with van der Waals surface area (Å²) in [5, 5.41) is 16.7. The number of para-hydroxylation sites is 1. The number of rotatable bonds is 11. The van der Waals surface area contributed by atoms with Crippen LogP contribution in [-0.2, 0) is 11.3 Å². The Hall–Kier alpha value is -2.57. The SMILES string of the molecule is CCNC(=NCCC(O)c1ccccc1)NCCOCc1ccccc1OC. The number of benzene rings is 2. The number of hydrogen-bond donors (Lipinski definition) is 3. The molecule has 1 atom stereocenters. The van der Waals surface area contributed by atoms with Crippen molar-refractivity contribution in [2.75, 3.05) is 33.4 Å². The highest BCUT2D eigenvalue weighted by Gasteiger charge is 2.06. The number of hydrogen-bond acceptors (Lipinski definition) is 4. The summed E-state index contributed by atoms with van der Waals surface area (Å²) in [6.07, 6.45) is 0.0715. The van der Waals surface area contributed by atoms with Gasteiger partial charge in [-0.2, -0.15) is 0 Å². The van der Waals surface area contributed by atoms with E-state index in [1.165, 1.54) is 0 Å². The Balaban J connectivity index is 1.70. The normalized spacial score (nSPS) is 12.5. The van der Waals surface area contributed by atoms with Crippen LogP contribution in [0.15, 0.2) is 59.6 Å². The van der Waals surface area contributed by atoms with Crippen LogP contribution in [-0.4, -0.2) is 44.4 Å². The van der Waals surface area contributed by atoms with E-state index in [1.54, 1.807) is 7.11 Å². The van der Waals surface area contributed by atoms with Gasteiger partial charge in [0.15, 0.2) is 5.96 Å². The van der Waals surface area contributed by atoms with Crippen LogP contribution in [0.3, 0.4) is 0 Å². The van der Waals surface area contributed by atoms with Gasteiger partial charge >= 0.3 is 0 Å². The molecule has 2 aromatic rings. The third-order valence-electron chi connectivity index (χ3n) is 4.19. The predicted molar refractivity (Wildman–Crippen MR) is 113 cm³/mol. The topological polar surface area (TPSA) is 75.1 Å². The molecular weight excluding hydrogens is 354 g/mol. The number of aliphatic hydroxyl groups excluding tert-OH is 1. The molecule has 0 radical (unpaired) electrons. The van der Waals surface area contributed by atoms with Crippen molar-refractivity contribution >= 4 is 5.96 Å². The van der Waals surface area contributed by atoms with Crippen molar-refractivity contribution in [2.24, 2.45) is 4.99 Å². The quantitative estimate of drug-likeness (QED) is 0.315. The molecule has 28 heavy (non-hydrogen) atoms. The summed E-state index contributed by atoms with van der Waals surface area (Å²) in [5.74, 6) is 1.56. The summed E-state index contributed by atoms with van der Waals surface area (Å²) in [6, 6.07) is 17.5. The largest absolute Gasteiger partial charge is 0.496 e. The summed E-state index contributed by atoms with van der Waals surface area (Å²) >= 11 is 0. The highest BCUT2D eigenvalue weighted by Crippen LogP contribution is 2.18. The summed E-state index contributed by atoms with van der Waals surface area (Å²) in [6.45, 7) is 5.02. The van der Waals surface area contributed by atoms with Crippen LogP contribution in [0.25, 0.3) is 0 Å². The van der Waals surface area contributed by atoms with E-state index in [2.05, 4.69) is 15.6 Å². The minimum atomic E-state index is -0.503. The number of methoxy groups -OCH3 is 1. The molecule has 2 aromatic carbocycles. The Kier molecular flexibility index (Phi) is 9.89. The standard InChI is InChI=1S/C22H31N3O3/c1-3-23-22(24-14-13-20(26)18-9-5-4-6-10-18)25-15-16-28-17-19-11-7-8-12-21(19)27-2/h4-12,20,26H,3,13-17H2,1-2H3,(H2,23,24,25). The van der Waals surface area contributed by atoms with Crippen LogP contribution in [0.1, 0.15) is 30.6 Å². The molecule has 0 fully saturated rings. The van der Waals surface area contributed by atoms with Gasteiger partial charge in [0.2, 0.25) is 0 Å². The summed E-state index contributed by atoms with van der Waals surface area (Å²) in [7, 11) is 1.66. The molecule has 0 aromatic heterocycles. The van der Waals surface area contributed by atoms with Crippen LogP contribution in [0.4, 0.5) is 0 Å². The molecule has 1 unspecified atom stereocenters. The van der Waals surface area contributed by atoms with Crippen LogP contribution in [0.5, 0.6) is 5.75 Å². The van der Waals surface area contributed by atoms with Gasteiger partial charge in [0.1, 0.15) is 5.75 Å². The van der Waals surface area contributed by atoms with Crippen LogP contribution < -0.4 is 15.4 Å². The van der Waals surface area contributed by atoms with Crippen molar-refractivity contribution in [3.05, 3.63) is 65.7 Å². The van der Waals surface area contributed by atoms with E-state index >= 15 is 0 Å². The van der Waals surface area contributed by atoms with Crippen molar-refractivity contribution in [3.63, 3.8) is 0 Å². The average molecular weight is 386 g/mol. The van der Waals surface area contributed by atoms with E-state index < -0.39 is 6.10 Å². The number of aliphatic hydroxyl groups is 1. The summed E-state index contributed by atoms with van der Waals surface area (Å²) in [5.41, 5.74) is 1.95. The molecule has 6 heteroatoms. The minimum absolute atomic E-state index is 0.503. The Bertz CT molecular complexity index is 707. The first kappa shape index (κ1) is 21.7. The smallest absolute Gasteiger partial charge is 0.191 e.